The van der Waals surface area contributed by atoms with Crippen LogP contribution in [0.1, 0.15) is 13.8 Å². The molecule has 2 saturated heterocycles. The van der Waals surface area contributed by atoms with Crippen LogP contribution in [0.15, 0.2) is 0 Å². The molecule has 2 heterocycles. The highest BCUT2D eigenvalue weighted by atomic mass is 127. The van der Waals surface area contributed by atoms with Gasteiger partial charge >= 0.3 is 5.97 Å². The summed E-state index contributed by atoms with van der Waals surface area (Å²) >= 11 is 1.59. The highest BCUT2D eigenvalue weighted by Gasteiger charge is 2.53. The zero-order chi connectivity index (χ0) is 21.9. The summed E-state index contributed by atoms with van der Waals surface area (Å²) in [5, 5.41) is 42.3. The monoisotopic (exact) mass is 535 g/mol. The highest BCUT2D eigenvalue weighted by Crippen LogP contribution is 2.32. The van der Waals surface area contributed by atoms with E-state index in [0.717, 1.165) is 0 Å². The molecular formula is C16H26INO11. The van der Waals surface area contributed by atoms with Crippen molar-refractivity contribution in [1.29, 1.82) is 0 Å². The zero-order valence-corrected chi connectivity index (χ0v) is 18.2. The SMILES string of the molecule is COC1C(C(=O)O)OC(OC2C(NC(C)=O)C(C)OC(CO)C2OI)C(O)C1O. The maximum absolute atomic E-state index is 11.7. The minimum absolute atomic E-state index is 0.387. The van der Waals surface area contributed by atoms with Crippen LogP contribution in [0, 0.1) is 0 Å². The van der Waals surface area contributed by atoms with E-state index in [9.17, 15) is 30.0 Å². The van der Waals surface area contributed by atoms with Gasteiger partial charge in [-0.3, -0.25) is 4.79 Å². The van der Waals surface area contributed by atoms with Crippen molar-refractivity contribution in [2.45, 2.75) is 75.0 Å². The Bertz CT molecular complexity index is 581. The molecule has 13 heteroatoms. The summed E-state index contributed by atoms with van der Waals surface area (Å²) in [5.74, 6) is -1.80. The third-order valence-corrected chi connectivity index (χ3v) is 5.53. The van der Waals surface area contributed by atoms with Crippen LogP contribution in [-0.2, 0) is 31.6 Å². The summed E-state index contributed by atoms with van der Waals surface area (Å²) in [6.07, 6.45) is -11.1. The van der Waals surface area contributed by atoms with Gasteiger partial charge in [0.25, 0.3) is 0 Å². The molecule has 0 radical (unpaired) electrons. The Hall–Kier alpha value is -0.650. The van der Waals surface area contributed by atoms with E-state index in [1.54, 1.807) is 29.9 Å². The molecule has 0 aliphatic carbocycles. The zero-order valence-electron chi connectivity index (χ0n) is 16.0. The maximum Gasteiger partial charge on any atom is 0.335 e. The van der Waals surface area contributed by atoms with Gasteiger partial charge in [0.05, 0.1) is 18.8 Å². The number of hydrogen-bond donors (Lipinski definition) is 5. The summed E-state index contributed by atoms with van der Waals surface area (Å²) in [4.78, 5) is 23.2. The Morgan fingerprint density at radius 2 is 1.79 bits per heavy atom. The third-order valence-electron chi connectivity index (χ3n) is 4.94. The van der Waals surface area contributed by atoms with Crippen LogP contribution in [0.3, 0.4) is 0 Å². The number of halogens is 1. The Balaban J connectivity index is 2.31. The minimum atomic E-state index is -1.64. The molecular weight excluding hydrogens is 509 g/mol. The van der Waals surface area contributed by atoms with Crippen molar-refractivity contribution < 1.29 is 52.0 Å². The lowest BCUT2D eigenvalue weighted by atomic mass is 9.92. The average molecular weight is 535 g/mol. The quantitative estimate of drug-likeness (QED) is 0.227. The van der Waals surface area contributed by atoms with E-state index in [1.165, 1.54) is 14.0 Å². The van der Waals surface area contributed by atoms with Crippen LogP contribution < -0.4 is 5.32 Å². The summed E-state index contributed by atoms with van der Waals surface area (Å²) in [5.41, 5.74) is 0. The largest absolute Gasteiger partial charge is 0.479 e. The number of hydrogen-bond acceptors (Lipinski definition) is 10. The van der Waals surface area contributed by atoms with E-state index in [0.29, 0.717) is 0 Å². The van der Waals surface area contributed by atoms with Gasteiger partial charge in [-0.25, -0.2) is 4.79 Å². The molecule has 29 heavy (non-hydrogen) atoms. The first kappa shape index (κ1) is 24.6. The molecule has 5 N–H and O–H groups in total. The number of nitrogens with one attached hydrogen (secondary N) is 1. The fourth-order valence-corrected chi connectivity index (χ4v) is 4.15. The molecule has 0 aromatic heterocycles. The lowest BCUT2D eigenvalue weighted by Gasteiger charge is -2.47. The van der Waals surface area contributed by atoms with Crippen LogP contribution in [-0.4, -0.2) is 107 Å². The van der Waals surface area contributed by atoms with Gasteiger partial charge in [-0.05, 0) is 6.92 Å². The van der Waals surface area contributed by atoms with Gasteiger partial charge in [0.15, 0.2) is 12.4 Å². The smallest absolute Gasteiger partial charge is 0.335 e. The van der Waals surface area contributed by atoms with Crippen molar-refractivity contribution in [2.24, 2.45) is 0 Å². The van der Waals surface area contributed by atoms with Crippen molar-refractivity contribution in [3.8, 4) is 0 Å². The molecule has 0 saturated carbocycles. The predicted molar refractivity (Wildman–Crippen MR) is 102 cm³/mol. The summed E-state index contributed by atoms with van der Waals surface area (Å²) in [6.45, 7) is 2.53. The van der Waals surface area contributed by atoms with Crippen molar-refractivity contribution >= 4 is 34.9 Å². The summed E-state index contributed by atoms with van der Waals surface area (Å²) in [7, 11) is 1.18. The molecule has 0 spiro atoms. The number of carboxylic acids is 1. The Morgan fingerprint density at radius 3 is 2.28 bits per heavy atom. The molecule has 12 nitrogen and oxygen atoms in total. The van der Waals surface area contributed by atoms with Gasteiger partial charge < -0.3 is 47.8 Å². The molecule has 10 atom stereocenters. The number of aliphatic carboxylic acids is 1. The second-order valence-electron chi connectivity index (χ2n) is 6.89. The lowest BCUT2D eigenvalue weighted by molar-refractivity contribution is -0.324. The molecule has 10 unspecified atom stereocenters. The number of ether oxygens (including phenoxy) is 4. The van der Waals surface area contributed by atoms with Crippen LogP contribution >= 0.6 is 23.0 Å². The van der Waals surface area contributed by atoms with Gasteiger partial charge in [0.2, 0.25) is 5.91 Å². The van der Waals surface area contributed by atoms with Crippen molar-refractivity contribution in [1.82, 2.24) is 5.32 Å². The fraction of sp³-hybridized carbons (Fsp3) is 0.875. The standard InChI is InChI=1S/C16H26INO11/c1-5-8(18-6(2)20)12(11(29-17)7(4-19)26-5)27-16-10(22)9(21)13(25-3)14(28-16)15(23)24/h5,7-14,16,19,21-22H,4H2,1-3H3,(H,18,20)(H,23,24). The molecule has 1 amide bonds. The number of amides is 1. The van der Waals surface area contributed by atoms with Crippen LogP contribution in [0.2, 0.25) is 0 Å². The second kappa shape index (κ2) is 10.6. The van der Waals surface area contributed by atoms with Crippen molar-refractivity contribution in [2.75, 3.05) is 13.7 Å². The number of carbonyl (C=O) groups is 2. The van der Waals surface area contributed by atoms with Crippen LogP contribution in [0.4, 0.5) is 0 Å². The van der Waals surface area contributed by atoms with E-state index in [-0.39, 0.29) is 5.91 Å². The second-order valence-corrected chi connectivity index (χ2v) is 7.40. The molecule has 2 aliphatic rings. The van der Waals surface area contributed by atoms with Crippen molar-refractivity contribution in [3.63, 3.8) is 0 Å². The number of rotatable bonds is 7. The Kier molecular flexibility index (Phi) is 8.99. The third kappa shape index (κ3) is 5.34. The Labute approximate surface area is 181 Å². The molecule has 0 bridgehead atoms. The lowest BCUT2D eigenvalue weighted by Crippen LogP contribution is -2.67. The van der Waals surface area contributed by atoms with Gasteiger partial charge in [-0.15, -0.1) is 0 Å². The average Bonchev–Trinajstić information content (AvgIpc) is 2.66. The van der Waals surface area contributed by atoms with Crippen molar-refractivity contribution in [3.05, 3.63) is 0 Å². The number of aliphatic hydroxyl groups excluding tert-OH is 3. The van der Waals surface area contributed by atoms with Crippen LogP contribution in [0.25, 0.3) is 0 Å². The first-order valence-corrected chi connectivity index (χ1v) is 9.77. The molecule has 2 rings (SSSR count). The van der Waals surface area contributed by atoms with Gasteiger partial charge in [0, 0.05) is 14.0 Å². The topological polar surface area (TPSA) is 173 Å². The van der Waals surface area contributed by atoms with E-state index in [1.807, 2.05) is 0 Å². The highest BCUT2D eigenvalue weighted by molar-refractivity contribution is 14.1. The van der Waals surface area contributed by atoms with E-state index >= 15 is 0 Å². The van der Waals surface area contributed by atoms with Gasteiger partial charge in [0.1, 0.15) is 59.6 Å². The van der Waals surface area contributed by atoms with E-state index < -0.39 is 73.7 Å². The first-order chi connectivity index (χ1) is 13.7. The fourth-order valence-electron chi connectivity index (χ4n) is 3.54. The Morgan fingerprint density at radius 1 is 1.14 bits per heavy atom. The minimum Gasteiger partial charge on any atom is -0.479 e. The number of methoxy groups -OCH3 is 1. The molecule has 2 aliphatic heterocycles. The summed E-state index contributed by atoms with van der Waals surface area (Å²) in [6, 6.07) is -0.772. The number of carboxylic acid groups (broad SMARTS) is 1. The maximum atomic E-state index is 11.7. The molecule has 0 aromatic carbocycles. The van der Waals surface area contributed by atoms with E-state index in [4.69, 9.17) is 22.0 Å². The molecule has 168 valence electrons. The molecule has 0 aromatic rings. The summed E-state index contributed by atoms with van der Waals surface area (Å²) < 4.78 is 27.2. The van der Waals surface area contributed by atoms with Gasteiger partial charge in [-0.2, -0.15) is 0 Å². The number of aliphatic hydroxyl groups is 3. The predicted octanol–water partition coefficient (Wildman–Crippen LogP) is -2.06. The first-order valence-electron chi connectivity index (χ1n) is 8.89. The van der Waals surface area contributed by atoms with Crippen LogP contribution in [0.5, 0.6) is 0 Å². The number of carbonyl (C=O) groups excluding carboxylic acids is 1. The molecule has 2 fully saturated rings. The van der Waals surface area contributed by atoms with E-state index in [2.05, 4.69) is 5.32 Å². The van der Waals surface area contributed by atoms with Gasteiger partial charge in [-0.1, -0.05) is 0 Å². The normalized spacial score (nSPS) is 43.0.